The van der Waals surface area contributed by atoms with E-state index >= 15 is 0 Å². The van der Waals surface area contributed by atoms with E-state index < -0.39 is 24.6 Å². The summed E-state index contributed by atoms with van der Waals surface area (Å²) in [5.41, 5.74) is 0. The normalized spacial score (nSPS) is 16.2. The number of rotatable bonds is 4. The fourth-order valence-corrected chi connectivity index (χ4v) is 1.96. The van der Waals surface area contributed by atoms with Crippen LogP contribution in [-0.4, -0.2) is 33.2 Å². The Morgan fingerprint density at radius 1 is 1.25 bits per heavy atom. The molecule has 5 nitrogen and oxygen atoms in total. The molecule has 0 heterocycles. The molecular weight excluding hydrogens is 235 g/mol. The van der Waals surface area contributed by atoms with Crippen LogP contribution in [0.4, 0.5) is 0 Å². The zero-order valence-corrected chi connectivity index (χ0v) is 10.9. The Labute approximate surface area is 98.5 Å². The zero-order valence-electron chi connectivity index (χ0n) is 6.43. The molecule has 68 valence electrons. The molecule has 0 saturated heterocycles. The molecule has 0 aliphatic rings. The van der Waals surface area contributed by atoms with Crippen molar-refractivity contribution in [3.05, 3.63) is 0 Å². The standard InChI is InChI=1S/C3H8O5S3.Na/c4-10(5,6)2-1-3-11(7,8)9;/h1-3H2,(H,4,5,6)(H,7,8,9);/q;+1/p-1. The third-order valence-corrected chi connectivity index (χ3v) is 2.89. The van der Waals surface area contributed by atoms with E-state index in [9.17, 15) is 17.2 Å². The molecule has 1 N–H and O–H groups in total. The second-order valence-electron chi connectivity index (χ2n) is 1.90. The summed E-state index contributed by atoms with van der Waals surface area (Å²) in [5, 5.41) is 0. The van der Waals surface area contributed by atoms with Crippen LogP contribution in [0.1, 0.15) is 6.42 Å². The van der Waals surface area contributed by atoms with Gasteiger partial charge < -0.3 is 9.11 Å². The van der Waals surface area contributed by atoms with E-state index in [-0.39, 0.29) is 41.7 Å². The first-order valence-electron chi connectivity index (χ1n) is 2.59. The monoisotopic (exact) mass is 242 g/mol. The van der Waals surface area contributed by atoms with Crippen LogP contribution in [0.3, 0.4) is 0 Å². The molecule has 1 atom stereocenters. The molecule has 0 aromatic heterocycles. The fourth-order valence-electron chi connectivity index (χ4n) is 0.418. The average molecular weight is 242 g/mol. The summed E-state index contributed by atoms with van der Waals surface area (Å²) >= 11 is 4.06. The van der Waals surface area contributed by atoms with Crippen molar-refractivity contribution >= 4 is 30.1 Å². The van der Waals surface area contributed by atoms with E-state index in [4.69, 9.17) is 4.55 Å². The van der Waals surface area contributed by atoms with Crippen LogP contribution in [0.5, 0.6) is 0 Å². The molecule has 1 unspecified atom stereocenters. The van der Waals surface area contributed by atoms with Gasteiger partial charge in [-0.05, 0) is 6.42 Å². The van der Waals surface area contributed by atoms with Crippen LogP contribution >= 0.6 is 0 Å². The van der Waals surface area contributed by atoms with Crippen LogP contribution in [0.2, 0.25) is 0 Å². The number of hydrogen-bond acceptors (Lipinski definition) is 5. The SMILES string of the molecule is O=S(=O)([O-])CCCS(=O)(O)=S.[Na+]. The first kappa shape index (κ1) is 15.7. The summed E-state index contributed by atoms with van der Waals surface area (Å²) in [4.78, 5) is 0. The largest absolute Gasteiger partial charge is 1.00 e. The maximum absolute atomic E-state index is 10.3. The first-order valence-corrected chi connectivity index (χ1v) is 6.78. The van der Waals surface area contributed by atoms with E-state index in [1.54, 1.807) is 0 Å². The zero-order chi connectivity index (χ0) is 9.12. The van der Waals surface area contributed by atoms with Crippen molar-refractivity contribution in [3.63, 3.8) is 0 Å². The van der Waals surface area contributed by atoms with Crippen molar-refractivity contribution < 1.29 is 51.3 Å². The van der Waals surface area contributed by atoms with Crippen molar-refractivity contribution in [2.45, 2.75) is 6.42 Å². The molecule has 0 aliphatic heterocycles. The third kappa shape index (κ3) is 13.8. The summed E-state index contributed by atoms with van der Waals surface area (Å²) in [6.45, 7) is 0. The van der Waals surface area contributed by atoms with Gasteiger partial charge in [-0.15, -0.1) is 0 Å². The summed E-state index contributed by atoms with van der Waals surface area (Å²) in [7, 11) is -7.60. The predicted molar refractivity (Wildman–Crippen MR) is 42.2 cm³/mol. The van der Waals surface area contributed by atoms with Crippen LogP contribution in [0, 0.1) is 0 Å². The molecule has 0 spiro atoms. The van der Waals surface area contributed by atoms with Gasteiger partial charge in [0.15, 0.2) is 0 Å². The van der Waals surface area contributed by atoms with E-state index in [2.05, 4.69) is 11.2 Å². The quantitative estimate of drug-likeness (QED) is 0.400. The molecule has 0 aromatic carbocycles. The van der Waals surface area contributed by atoms with Gasteiger partial charge in [0, 0.05) is 16.9 Å². The minimum Gasteiger partial charge on any atom is -0.748 e. The van der Waals surface area contributed by atoms with Crippen LogP contribution < -0.4 is 29.6 Å². The van der Waals surface area contributed by atoms with Gasteiger partial charge in [0.2, 0.25) is 0 Å². The molecule has 0 saturated carbocycles. The Morgan fingerprint density at radius 3 is 1.92 bits per heavy atom. The maximum Gasteiger partial charge on any atom is 1.00 e. The summed E-state index contributed by atoms with van der Waals surface area (Å²) < 4.78 is 48.7. The molecule has 0 rings (SSSR count). The minimum absolute atomic E-state index is 0. The van der Waals surface area contributed by atoms with Crippen molar-refractivity contribution in [1.29, 1.82) is 0 Å². The van der Waals surface area contributed by atoms with Crippen LogP contribution in [0.25, 0.3) is 0 Å². The fraction of sp³-hybridized carbons (Fsp3) is 1.00. The van der Waals surface area contributed by atoms with Gasteiger partial charge in [-0.2, -0.15) is 0 Å². The molecule has 12 heavy (non-hydrogen) atoms. The topological polar surface area (TPSA) is 94.5 Å². The van der Waals surface area contributed by atoms with Crippen LogP contribution in [-0.2, 0) is 30.1 Å². The molecule has 9 heteroatoms. The van der Waals surface area contributed by atoms with E-state index in [1.165, 1.54) is 0 Å². The van der Waals surface area contributed by atoms with Crippen LogP contribution in [0.15, 0.2) is 0 Å². The first-order chi connectivity index (χ1) is 4.71. The van der Waals surface area contributed by atoms with Crippen molar-refractivity contribution in [2.24, 2.45) is 0 Å². The van der Waals surface area contributed by atoms with Crippen molar-refractivity contribution in [1.82, 2.24) is 0 Å². The van der Waals surface area contributed by atoms with Gasteiger partial charge >= 0.3 is 29.6 Å². The molecule has 0 fully saturated rings. The summed E-state index contributed by atoms with van der Waals surface area (Å²) in [5.74, 6) is -0.967. The van der Waals surface area contributed by atoms with Gasteiger partial charge in [-0.1, -0.05) is 0 Å². The van der Waals surface area contributed by atoms with E-state index in [0.29, 0.717) is 0 Å². The third-order valence-electron chi connectivity index (χ3n) is 0.797. The Hall–Kier alpha value is 1.24. The Morgan fingerprint density at radius 2 is 1.67 bits per heavy atom. The molecule has 0 radical (unpaired) electrons. The Kier molecular flexibility index (Phi) is 7.67. The molecule has 0 bridgehead atoms. The Balaban J connectivity index is 0. The summed E-state index contributed by atoms with van der Waals surface area (Å²) in [6.07, 6.45) is -0.162. The van der Waals surface area contributed by atoms with Gasteiger partial charge in [0.25, 0.3) is 0 Å². The average Bonchev–Trinajstić information content (AvgIpc) is 1.55. The second-order valence-corrected chi connectivity index (χ2v) is 6.56. The predicted octanol–water partition coefficient (Wildman–Crippen LogP) is -3.85. The van der Waals surface area contributed by atoms with E-state index in [0.717, 1.165) is 0 Å². The van der Waals surface area contributed by atoms with E-state index in [1.807, 2.05) is 0 Å². The second kappa shape index (κ2) is 5.86. The molecule has 0 aliphatic carbocycles. The van der Waals surface area contributed by atoms with Crippen molar-refractivity contribution in [2.75, 3.05) is 11.5 Å². The maximum atomic E-state index is 10.3. The van der Waals surface area contributed by atoms with Gasteiger partial charge in [0.1, 0.15) is 8.77 Å². The number of hydrogen-bond donors (Lipinski definition) is 1. The smallest absolute Gasteiger partial charge is 0.748 e. The molecular formula is C3H7NaO5S3. The Bertz CT molecular complexity index is 271. The van der Waals surface area contributed by atoms with Crippen molar-refractivity contribution in [3.8, 4) is 0 Å². The van der Waals surface area contributed by atoms with Gasteiger partial charge in [-0.3, -0.25) is 0 Å². The summed E-state index contributed by atoms with van der Waals surface area (Å²) in [6, 6.07) is 0. The van der Waals surface area contributed by atoms with Gasteiger partial charge in [-0.25, -0.2) is 12.6 Å². The molecule has 0 amide bonds. The van der Waals surface area contributed by atoms with Gasteiger partial charge in [0.05, 0.1) is 15.9 Å². The molecule has 0 aromatic rings. The minimum atomic E-state index is -4.28.